The SMILES string of the molecule is CNCCC(=O)NCc1csc2ccccc12. The minimum atomic E-state index is 0.0923. The maximum atomic E-state index is 11.5. The van der Waals surface area contributed by atoms with Gasteiger partial charge < -0.3 is 10.6 Å². The van der Waals surface area contributed by atoms with Crippen LogP contribution in [0.3, 0.4) is 0 Å². The third-order valence-corrected chi connectivity index (χ3v) is 3.65. The van der Waals surface area contributed by atoms with Gasteiger partial charge in [-0.1, -0.05) is 18.2 Å². The molecule has 0 saturated heterocycles. The molecular weight excluding hydrogens is 232 g/mol. The van der Waals surface area contributed by atoms with Crippen LogP contribution >= 0.6 is 11.3 Å². The van der Waals surface area contributed by atoms with Gasteiger partial charge in [0.15, 0.2) is 0 Å². The molecule has 0 fully saturated rings. The highest BCUT2D eigenvalue weighted by Gasteiger charge is 2.05. The van der Waals surface area contributed by atoms with Crippen LogP contribution in [0.1, 0.15) is 12.0 Å². The highest BCUT2D eigenvalue weighted by molar-refractivity contribution is 7.17. The van der Waals surface area contributed by atoms with Crippen LogP contribution in [0.4, 0.5) is 0 Å². The van der Waals surface area contributed by atoms with Gasteiger partial charge in [0.25, 0.3) is 0 Å². The molecule has 4 heteroatoms. The third-order valence-electron chi connectivity index (χ3n) is 2.64. The predicted molar refractivity (Wildman–Crippen MR) is 72.2 cm³/mol. The molecule has 2 rings (SSSR count). The lowest BCUT2D eigenvalue weighted by Crippen LogP contribution is -2.25. The molecule has 1 amide bonds. The van der Waals surface area contributed by atoms with Crippen LogP contribution in [-0.4, -0.2) is 19.5 Å². The molecule has 1 aromatic heterocycles. The highest BCUT2D eigenvalue weighted by Crippen LogP contribution is 2.25. The Kier molecular flexibility index (Phi) is 4.12. The van der Waals surface area contributed by atoms with Gasteiger partial charge in [0.05, 0.1) is 0 Å². The molecule has 0 aliphatic heterocycles. The Labute approximate surface area is 105 Å². The molecule has 0 aliphatic carbocycles. The van der Waals surface area contributed by atoms with E-state index in [1.807, 2.05) is 19.2 Å². The van der Waals surface area contributed by atoms with E-state index in [2.05, 4.69) is 28.1 Å². The molecule has 90 valence electrons. The number of carbonyl (C=O) groups excluding carboxylic acids is 1. The van der Waals surface area contributed by atoms with Crippen molar-refractivity contribution in [2.24, 2.45) is 0 Å². The number of carbonyl (C=O) groups is 1. The van der Waals surface area contributed by atoms with Gasteiger partial charge >= 0.3 is 0 Å². The van der Waals surface area contributed by atoms with E-state index in [-0.39, 0.29) is 5.91 Å². The standard InChI is InChI=1S/C13H16N2OS/c1-14-7-6-13(16)15-8-10-9-17-12-5-3-2-4-11(10)12/h2-5,9,14H,6-8H2,1H3,(H,15,16). The van der Waals surface area contributed by atoms with Crippen LogP contribution in [0.5, 0.6) is 0 Å². The van der Waals surface area contributed by atoms with E-state index >= 15 is 0 Å². The summed E-state index contributed by atoms with van der Waals surface area (Å²) in [5, 5.41) is 9.26. The second-order valence-corrected chi connectivity index (χ2v) is 4.80. The molecule has 1 heterocycles. The van der Waals surface area contributed by atoms with Gasteiger partial charge in [-0.25, -0.2) is 0 Å². The van der Waals surface area contributed by atoms with Crippen molar-refractivity contribution in [1.82, 2.24) is 10.6 Å². The minimum absolute atomic E-state index is 0.0923. The molecule has 2 N–H and O–H groups in total. The van der Waals surface area contributed by atoms with Crippen molar-refractivity contribution in [3.63, 3.8) is 0 Å². The Bertz CT molecular complexity index is 507. The fourth-order valence-electron chi connectivity index (χ4n) is 1.69. The first-order chi connectivity index (χ1) is 8.31. The van der Waals surface area contributed by atoms with Gasteiger partial charge in [-0.3, -0.25) is 4.79 Å². The van der Waals surface area contributed by atoms with Gasteiger partial charge in [0.1, 0.15) is 0 Å². The number of nitrogens with one attached hydrogen (secondary N) is 2. The van der Waals surface area contributed by atoms with Crippen LogP contribution < -0.4 is 10.6 Å². The number of rotatable bonds is 5. The summed E-state index contributed by atoms with van der Waals surface area (Å²) >= 11 is 1.72. The van der Waals surface area contributed by atoms with Gasteiger partial charge in [0.2, 0.25) is 5.91 Å². The van der Waals surface area contributed by atoms with Crippen molar-refractivity contribution in [3.8, 4) is 0 Å². The minimum Gasteiger partial charge on any atom is -0.352 e. The lowest BCUT2D eigenvalue weighted by molar-refractivity contribution is -0.121. The largest absolute Gasteiger partial charge is 0.352 e. The molecular formula is C13H16N2OS. The number of amides is 1. The van der Waals surface area contributed by atoms with Crippen LogP contribution in [0.2, 0.25) is 0 Å². The predicted octanol–water partition coefficient (Wildman–Crippen LogP) is 2.13. The number of hydrogen-bond acceptors (Lipinski definition) is 3. The summed E-state index contributed by atoms with van der Waals surface area (Å²) in [5.41, 5.74) is 1.20. The zero-order chi connectivity index (χ0) is 12.1. The lowest BCUT2D eigenvalue weighted by Gasteiger charge is -2.04. The quantitative estimate of drug-likeness (QED) is 0.851. The molecule has 0 atom stereocenters. The summed E-state index contributed by atoms with van der Waals surface area (Å²) in [6, 6.07) is 8.27. The van der Waals surface area contributed by atoms with Gasteiger partial charge in [0, 0.05) is 24.2 Å². The Morgan fingerprint density at radius 2 is 2.18 bits per heavy atom. The second-order valence-electron chi connectivity index (χ2n) is 3.89. The molecule has 0 spiro atoms. The molecule has 0 bridgehead atoms. The van der Waals surface area contributed by atoms with Crippen molar-refractivity contribution in [2.75, 3.05) is 13.6 Å². The molecule has 0 radical (unpaired) electrons. The van der Waals surface area contributed by atoms with E-state index in [4.69, 9.17) is 0 Å². The van der Waals surface area contributed by atoms with E-state index in [1.165, 1.54) is 15.6 Å². The first-order valence-electron chi connectivity index (χ1n) is 5.67. The smallest absolute Gasteiger partial charge is 0.221 e. The summed E-state index contributed by atoms with van der Waals surface area (Å²) < 4.78 is 1.27. The molecule has 0 unspecified atom stereocenters. The topological polar surface area (TPSA) is 41.1 Å². The van der Waals surface area contributed by atoms with E-state index in [0.29, 0.717) is 13.0 Å². The monoisotopic (exact) mass is 248 g/mol. The number of benzene rings is 1. The van der Waals surface area contributed by atoms with Gasteiger partial charge in [-0.15, -0.1) is 11.3 Å². The van der Waals surface area contributed by atoms with Gasteiger partial charge in [-0.05, 0) is 29.4 Å². The number of thiophene rings is 1. The number of fused-ring (bicyclic) bond motifs is 1. The second kappa shape index (κ2) is 5.80. The molecule has 3 nitrogen and oxygen atoms in total. The fourth-order valence-corrected chi connectivity index (χ4v) is 2.65. The summed E-state index contributed by atoms with van der Waals surface area (Å²) in [6.45, 7) is 1.34. The molecule has 17 heavy (non-hydrogen) atoms. The van der Waals surface area contributed by atoms with E-state index < -0.39 is 0 Å². The summed E-state index contributed by atoms with van der Waals surface area (Å²) in [6.07, 6.45) is 0.526. The van der Waals surface area contributed by atoms with Crippen LogP contribution in [0, 0.1) is 0 Å². The first-order valence-corrected chi connectivity index (χ1v) is 6.55. The van der Waals surface area contributed by atoms with E-state index in [9.17, 15) is 4.79 Å². The molecule has 0 saturated carbocycles. The van der Waals surface area contributed by atoms with Crippen molar-refractivity contribution in [3.05, 3.63) is 35.2 Å². The summed E-state index contributed by atoms with van der Waals surface area (Å²) in [5.74, 6) is 0.0923. The van der Waals surface area contributed by atoms with Gasteiger partial charge in [-0.2, -0.15) is 0 Å². The Morgan fingerprint density at radius 3 is 3.00 bits per heavy atom. The summed E-state index contributed by atoms with van der Waals surface area (Å²) in [4.78, 5) is 11.5. The average Bonchev–Trinajstić information content (AvgIpc) is 2.77. The molecule has 0 aliphatic rings. The normalized spacial score (nSPS) is 10.6. The third kappa shape index (κ3) is 3.05. The van der Waals surface area contributed by atoms with E-state index in [0.717, 1.165) is 6.54 Å². The molecule has 1 aromatic carbocycles. The lowest BCUT2D eigenvalue weighted by atomic mass is 10.2. The maximum Gasteiger partial charge on any atom is 0.221 e. The van der Waals surface area contributed by atoms with Crippen LogP contribution in [0.25, 0.3) is 10.1 Å². The maximum absolute atomic E-state index is 11.5. The van der Waals surface area contributed by atoms with Crippen LogP contribution in [0.15, 0.2) is 29.6 Å². The average molecular weight is 248 g/mol. The van der Waals surface area contributed by atoms with Crippen molar-refractivity contribution >= 4 is 27.3 Å². The van der Waals surface area contributed by atoms with E-state index in [1.54, 1.807) is 11.3 Å². The fraction of sp³-hybridized carbons (Fsp3) is 0.308. The Morgan fingerprint density at radius 1 is 1.35 bits per heavy atom. The highest BCUT2D eigenvalue weighted by atomic mass is 32.1. The summed E-state index contributed by atoms with van der Waals surface area (Å²) in [7, 11) is 1.85. The first kappa shape index (κ1) is 12.1. The zero-order valence-corrected chi connectivity index (χ0v) is 10.6. The Hall–Kier alpha value is -1.39. The van der Waals surface area contributed by atoms with Crippen molar-refractivity contribution in [2.45, 2.75) is 13.0 Å². The Balaban J connectivity index is 1.97. The van der Waals surface area contributed by atoms with Crippen molar-refractivity contribution in [1.29, 1.82) is 0 Å². The zero-order valence-electron chi connectivity index (χ0n) is 9.82. The molecule has 2 aromatic rings. The van der Waals surface area contributed by atoms with Crippen LogP contribution in [-0.2, 0) is 11.3 Å². The number of hydrogen-bond donors (Lipinski definition) is 2. The van der Waals surface area contributed by atoms with Crippen molar-refractivity contribution < 1.29 is 4.79 Å².